The first-order valence-electron chi connectivity index (χ1n) is 7.25. The van der Waals surface area contributed by atoms with Crippen LogP contribution >= 0.6 is 23.2 Å². The molecule has 9 heteroatoms. The Morgan fingerprint density at radius 3 is 2.68 bits per heavy atom. The summed E-state index contributed by atoms with van der Waals surface area (Å²) in [5.74, 6) is -1.52. The molecule has 0 spiro atoms. The van der Waals surface area contributed by atoms with Crippen molar-refractivity contribution in [1.82, 2.24) is 14.2 Å². The Morgan fingerprint density at radius 2 is 2.00 bits per heavy atom. The van der Waals surface area contributed by atoms with Crippen LogP contribution in [0.25, 0.3) is 11.3 Å². The van der Waals surface area contributed by atoms with Crippen LogP contribution in [0.2, 0.25) is 10.0 Å². The molecule has 6 nitrogen and oxygen atoms in total. The van der Waals surface area contributed by atoms with E-state index < -0.39 is 17.5 Å². The monoisotopic (exact) mass is 383 g/mol. The molecule has 1 aromatic carbocycles. The predicted molar refractivity (Wildman–Crippen MR) is 91.3 cm³/mol. The number of esters is 1. The molecule has 0 fully saturated rings. The summed E-state index contributed by atoms with van der Waals surface area (Å²) in [7, 11) is 0. The van der Waals surface area contributed by atoms with Crippen molar-refractivity contribution < 1.29 is 13.9 Å². The molecule has 0 N–H and O–H groups in total. The lowest BCUT2D eigenvalue weighted by molar-refractivity contribution is 0.0378. The molecular weight excluding hydrogens is 372 g/mol. The molecule has 3 aromatic rings. The normalized spacial score (nSPS) is 11.3. The molecule has 3 rings (SSSR count). The lowest BCUT2D eigenvalue weighted by Gasteiger charge is -2.11. The summed E-state index contributed by atoms with van der Waals surface area (Å²) in [5.41, 5.74) is -0.643. The SMILES string of the molecule is CC(C)OC(=O)c1cc(-n2nc3ccc(Cl)cn3c2=O)c(F)cc1Cl. The van der Waals surface area contributed by atoms with Gasteiger partial charge < -0.3 is 4.74 Å². The molecule has 0 aliphatic heterocycles. The van der Waals surface area contributed by atoms with E-state index >= 15 is 0 Å². The molecular formula is C16H12Cl2FN3O3. The van der Waals surface area contributed by atoms with Crippen LogP contribution in [-0.2, 0) is 4.74 Å². The van der Waals surface area contributed by atoms with E-state index in [-0.39, 0.29) is 28.0 Å². The van der Waals surface area contributed by atoms with Crippen molar-refractivity contribution in [1.29, 1.82) is 0 Å². The van der Waals surface area contributed by atoms with Crippen molar-refractivity contribution in [2.24, 2.45) is 0 Å². The summed E-state index contributed by atoms with van der Waals surface area (Å²) < 4.78 is 21.4. The van der Waals surface area contributed by atoms with E-state index in [2.05, 4.69) is 5.10 Å². The first-order chi connectivity index (χ1) is 11.8. The van der Waals surface area contributed by atoms with E-state index in [1.54, 1.807) is 19.9 Å². The summed E-state index contributed by atoms with van der Waals surface area (Å²) >= 11 is 11.8. The topological polar surface area (TPSA) is 65.6 Å². The molecule has 2 aromatic heterocycles. The highest BCUT2D eigenvalue weighted by atomic mass is 35.5. The van der Waals surface area contributed by atoms with Crippen LogP contribution < -0.4 is 5.69 Å². The number of fused-ring (bicyclic) bond motifs is 1. The standard InChI is InChI=1S/C16H12Cl2FN3O3/c1-8(2)25-15(23)10-5-13(12(19)6-11(10)18)22-16(24)21-7-9(17)3-4-14(21)20-22/h3-8H,1-2H3. The van der Waals surface area contributed by atoms with E-state index in [0.717, 1.165) is 16.8 Å². The molecule has 0 aliphatic rings. The zero-order valence-corrected chi connectivity index (χ0v) is 14.7. The Bertz CT molecular complexity index is 1040. The molecule has 25 heavy (non-hydrogen) atoms. The van der Waals surface area contributed by atoms with Crippen molar-refractivity contribution in [3.05, 3.63) is 62.4 Å². The van der Waals surface area contributed by atoms with Gasteiger partial charge in [0.2, 0.25) is 0 Å². The minimum absolute atomic E-state index is 0.0613. The van der Waals surface area contributed by atoms with E-state index in [4.69, 9.17) is 27.9 Å². The van der Waals surface area contributed by atoms with Gasteiger partial charge in [-0.2, -0.15) is 4.68 Å². The van der Waals surface area contributed by atoms with Gasteiger partial charge in [0.25, 0.3) is 0 Å². The molecule has 0 bridgehead atoms. The lowest BCUT2D eigenvalue weighted by atomic mass is 10.2. The summed E-state index contributed by atoms with van der Waals surface area (Å²) in [4.78, 5) is 24.6. The number of benzene rings is 1. The van der Waals surface area contributed by atoms with E-state index in [0.29, 0.717) is 5.02 Å². The quantitative estimate of drug-likeness (QED) is 0.649. The second-order valence-electron chi connectivity index (χ2n) is 5.51. The summed E-state index contributed by atoms with van der Waals surface area (Å²) in [6, 6.07) is 5.15. The Labute approximate surface area is 151 Å². The number of rotatable bonds is 3. The highest BCUT2D eigenvalue weighted by molar-refractivity contribution is 6.33. The van der Waals surface area contributed by atoms with Crippen LogP contribution in [0.5, 0.6) is 0 Å². The summed E-state index contributed by atoms with van der Waals surface area (Å²) in [6.07, 6.45) is 0.988. The third-order valence-corrected chi connectivity index (χ3v) is 3.84. The van der Waals surface area contributed by atoms with E-state index in [1.165, 1.54) is 16.7 Å². The van der Waals surface area contributed by atoms with Gasteiger partial charge in [-0.3, -0.25) is 0 Å². The zero-order chi connectivity index (χ0) is 18.3. The second-order valence-corrected chi connectivity index (χ2v) is 6.35. The highest BCUT2D eigenvalue weighted by Gasteiger charge is 2.20. The molecule has 0 radical (unpaired) electrons. The van der Waals surface area contributed by atoms with E-state index in [1.807, 2.05) is 0 Å². The van der Waals surface area contributed by atoms with Crippen molar-refractivity contribution in [3.63, 3.8) is 0 Å². The fraction of sp³-hybridized carbons (Fsp3) is 0.188. The van der Waals surface area contributed by atoms with Crippen molar-refractivity contribution in [3.8, 4) is 5.69 Å². The molecule has 0 amide bonds. The number of aromatic nitrogens is 3. The fourth-order valence-electron chi connectivity index (χ4n) is 2.24. The van der Waals surface area contributed by atoms with Gasteiger partial charge in [0, 0.05) is 6.20 Å². The average Bonchev–Trinajstić information content (AvgIpc) is 2.83. The van der Waals surface area contributed by atoms with Gasteiger partial charge in [0.05, 0.1) is 21.7 Å². The minimum Gasteiger partial charge on any atom is -0.459 e. The van der Waals surface area contributed by atoms with Crippen molar-refractivity contribution in [2.75, 3.05) is 0 Å². The van der Waals surface area contributed by atoms with Crippen molar-refractivity contribution >= 4 is 34.8 Å². The second kappa shape index (κ2) is 6.50. The largest absolute Gasteiger partial charge is 0.459 e. The maximum atomic E-state index is 14.4. The van der Waals surface area contributed by atoms with Gasteiger partial charge in [-0.15, -0.1) is 5.10 Å². The molecule has 2 heterocycles. The number of nitrogens with zero attached hydrogens (tertiary/aromatic N) is 3. The van der Waals surface area contributed by atoms with Gasteiger partial charge in [0.15, 0.2) is 11.5 Å². The van der Waals surface area contributed by atoms with Gasteiger partial charge in [-0.25, -0.2) is 18.4 Å². The number of pyridine rings is 1. The van der Waals surface area contributed by atoms with Crippen LogP contribution in [0.4, 0.5) is 4.39 Å². The van der Waals surface area contributed by atoms with Crippen LogP contribution in [0.1, 0.15) is 24.2 Å². The minimum atomic E-state index is -0.803. The zero-order valence-electron chi connectivity index (χ0n) is 13.2. The lowest BCUT2D eigenvalue weighted by Crippen LogP contribution is -2.21. The van der Waals surface area contributed by atoms with Crippen LogP contribution in [0, 0.1) is 5.82 Å². The summed E-state index contributed by atoms with van der Waals surface area (Å²) in [5, 5.41) is 4.26. The highest BCUT2D eigenvalue weighted by Crippen LogP contribution is 2.24. The third-order valence-electron chi connectivity index (χ3n) is 3.31. The number of carbonyl (C=O) groups excluding carboxylic acids is 1. The molecule has 0 aliphatic carbocycles. The Hall–Kier alpha value is -2.38. The molecule has 0 unspecified atom stereocenters. The van der Waals surface area contributed by atoms with Gasteiger partial charge in [-0.05, 0) is 38.1 Å². The first kappa shape index (κ1) is 17.4. The number of hydrogen-bond acceptors (Lipinski definition) is 4. The number of halogens is 3. The predicted octanol–water partition coefficient (Wildman–Crippen LogP) is 3.50. The fourth-order valence-corrected chi connectivity index (χ4v) is 2.63. The summed E-state index contributed by atoms with van der Waals surface area (Å²) in [6.45, 7) is 3.35. The first-order valence-corrected chi connectivity index (χ1v) is 8.01. The molecule has 0 saturated carbocycles. The smallest absolute Gasteiger partial charge is 0.355 e. The van der Waals surface area contributed by atoms with Crippen LogP contribution in [-0.4, -0.2) is 26.3 Å². The third kappa shape index (κ3) is 3.25. The number of hydrogen-bond donors (Lipinski definition) is 0. The molecule has 130 valence electrons. The van der Waals surface area contributed by atoms with Gasteiger partial charge >= 0.3 is 11.7 Å². The number of carbonyl (C=O) groups is 1. The Kier molecular flexibility index (Phi) is 4.53. The van der Waals surface area contributed by atoms with Crippen molar-refractivity contribution in [2.45, 2.75) is 20.0 Å². The average molecular weight is 384 g/mol. The van der Waals surface area contributed by atoms with Gasteiger partial charge in [-0.1, -0.05) is 23.2 Å². The Morgan fingerprint density at radius 1 is 1.28 bits per heavy atom. The Balaban J connectivity index is 2.19. The maximum Gasteiger partial charge on any atom is 0.355 e. The molecule has 0 saturated heterocycles. The van der Waals surface area contributed by atoms with Crippen LogP contribution in [0.15, 0.2) is 35.3 Å². The van der Waals surface area contributed by atoms with Crippen LogP contribution in [0.3, 0.4) is 0 Å². The van der Waals surface area contributed by atoms with E-state index in [9.17, 15) is 14.0 Å². The molecule has 0 atom stereocenters. The maximum absolute atomic E-state index is 14.4. The number of ether oxygens (including phenoxy) is 1. The van der Waals surface area contributed by atoms with Gasteiger partial charge in [0.1, 0.15) is 5.69 Å².